The summed E-state index contributed by atoms with van der Waals surface area (Å²) in [7, 11) is 4.02. The van der Waals surface area contributed by atoms with Crippen LogP contribution >= 0.6 is 0 Å². The topological polar surface area (TPSA) is 49.6 Å². The molecule has 0 saturated carbocycles. The Hall–Kier alpha value is -1.55. The molecule has 1 rings (SSSR count). The second-order valence-corrected chi connectivity index (χ2v) is 5.60. The zero-order valence-corrected chi connectivity index (χ0v) is 12.6. The Labute approximate surface area is 116 Å². The summed E-state index contributed by atoms with van der Waals surface area (Å²) >= 11 is 0. The molecule has 1 aromatic rings. The van der Waals surface area contributed by atoms with Crippen LogP contribution in [0.15, 0.2) is 24.3 Å². The fourth-order valence-electron chi connectivity index (χ4n) is 1.85. The van der Waals surface area contributed by atoms with E-state index < -0.39 is 5.54 Å². The maximum absolute atomic E-state index is 12.2. The van der Waals surface area contributed by atoms with E-state index in [1.54, 1.807) is 18.7 Å². The van der Waals surface area contributed by atoms with E-state index in [9.17, 15) is 4.79 Å². The molecular weight excluding hydrogens is 238 g/mol. The molecule has 0 aliphatic carbocycles. The van der Waals surface area contributed by atoms with Gasteiger partial charge in [-0.25, -0.2) is 0 Å². The smallest absolute Gasteiger partial charge is 0.242 e. The summed E-state index contributed by atoms with van der Waals surface area (Å²) < 4.78 is 0. The average molecular weight is 263 g/mol. The minimum Gasteiger partial charge on any atom is -0.378 e. The summed E-state index contributed by atoms with van der Waals surface area (Å²) in [5, 5.41) is 0. The van der Waals surface area contributed by atoms with Crippen molar-refractivity contribution in [3.8, 4) is 0 Å². The lowest BCUT2D eigenvalue weighted by atomic mass is 10.0. The summed E-state index contributed by atoms with van der Waals surface area (Å²) in [5.74, 6) is -0.0216. The van der Waals surface area contributed by atoms with Crippen LogP contribution in [0.1, 0.15) is 26.3 Å². The Balaban J connectivity index is 2.79. The first-order chi connectivity index (χ1) is 8.75. The van der Waals surface area contributed by atoms with Gasteiger partial charge in [-0.15, -0.1) is 0 Å². The number of nitrogens with two attached hydrogens (primary N) is 1. The van der Waals surface area contributed by atoms with Crippen LogP contribution in [0.5, 0.6) is 0 Å². The fourth-order valence-corrected chi connectivity index (χ4v) is 1.85. The number of hydrogen-bond acceptors (Lipinski definition) is 3. The molecule has 0 radical (unpaired) electrons. The number of nitrogens with zero attached hydrogens (tertiary/aromatic N) is 2. The van der Waals surface area contributed by atoms with Crippen molar-refractivity contribution in [2.24, 2.45) is 5.73 Å². The molecule has 1 aromatic carbocycles. The van der Waals surface area contributed by atoms with E-state index >= 15 is 0 Å². The maximum Gasteiger partial charge on any atom is 0.242 e. The van der Waals surface area contributed by atoms with Gasteiger partial charge in [-0.2, -0.15) is 0 Å². The van der Waals surface area contributed by atoms with Crippen molar-refractivity contribution in [1.29, 1.82) is 0 Å². The number of carbonyl (C=O) groups is 1. The molecule has 2 N–H and O–H groups in total. The number of rotatable bonds is 5. The lowest BCUT2D eigenvalue weighted by Crippen LogP contribution is -2.50. The van der Waals surface area contributed by atoms with Gasteiger partial charge in [0.1, 0.15) is 0 Å². The number of benzene rings is 1. The molecule has 4 heteroatoms. The van der Waals surface area contributed by atoms with Crippen LogP contribution in [-0.4, -0.2) is 37.0 Å². The Bertz CT molecular complexity index is 418. The van der Waals surface area contributed by atoms with E-state index in [4.69, 9.17) is 5.73 Å². The molecule has 0 unspecified atom stereocenters. The van der Waals surface area contributed by atoms with Crippen molar-refractivity contribution in [2.45, 2.75) is 32.9 Å². The lowest BCUT2D eigenvalue weighted by Gasteiger charge is -2.28. The van der Waals surface area contributed by atoms with Gasteiger partial charge in [0.15, 0.2) is 0 Å². The van der Waals surface area contributed by atoms with Crippen molar-refractivity contribution in [1.82, 2.24) is 4.90 Å². The van der Waals surface area contributed by atoms with Crippen LogP contribution in [-0.2, 0) is 11.3 Å². The Morgan fingerprint density at radius 1 is 1.21 bits per heavy atom. The second-order valence-electron chi connectivity index (χ2n) is 5.60. The first-order valence-corrected chi connectivity index (χ1v) is 6.60. The van der Waals surface area contributed by atoms with Gasteiger partial charge in [-0.3, -0.25) is 4.79 Å². The molecule has 19 heavy (non-hydrogen) atoms. The van der Waals surface area contributed by atoms with E-state index in [0.29, 0.717) is 13.1 Å². The highest BCUT2D eigenvalue weighted by Gasteiger charge is 2.26. The van der Waals surface area contributed by atoms with Crippen molar-refractivity contribution in [3.63, 3.8) is 0 Å². The third-order valence-electron chi connectivity index (χ3n) is 3.05. The fraction of sp³-hybridized carbons (Fsp3) is 0.533. The van der Waals surface area contributed by atoms with E-state index in [0.717, 1.165) is 11.3 Å². The Kier molecular flexibility index (Phi) is 4.95. The first-order valence-electron chi connectivity index (χ1n) is 6.60. The molecule has 0 heterocycles. The van der Waals surface area contributed by atoms with Crippen molar-refractivity contribution in [2.75, 3.05) is 25.5 Å². The monoisotopic (exact) mass is 263 g/mol. The maximum atomic E-state index is 12.2. The Morgan fingerprint density at radius 2 is 1.74 bits per heavy atom. The summed E-state index contributed by atoms with van der Waals surface area (Å²) in [5.41, 5.74) is 7.32. The van der Waals surface area contributed by atoms with Gasteiger partial charge in [0.25, 0.3) is 0 Å². The normalized spacial score (nSPS) is 11.3. The van der Waals surface area contributed by atoms with Gasteiger partial charge in [-0.05, 0) is 38.5 Å². The van der Waals surface area contributed by atoms with Crippen molar-refractivity contribution >= 4 is 11.6 Å². The molecule has 0 aromatic heterocycles. The molecule has 0 aliphatic heterocycles. The van der Waals surface area contributed by atoms with Crippen LogP contribution in [0.3, 0.4) is 0 Å². The predicted molar refractivity (Wildman–Crippen MR) is 80.1 cm³/mol. The van der Waals surface area contributed by atoms with Gasteiger partial charge in [0.2, 0.25) is 5.91 Å². The zero-order chi connectivity index (χ0) is 14.6. The largest absolute Gasteiger partial charge is 0.378 e. The van der Waals surface area contributed by atoms with E-state index in [2.05, 4.69) is 29.2 Å². The van der Waals surface area contributed by atoms with Crippen LogP contribution < -0.4 is 10.6 Å². The minimum absolute atomic E-state index is 0.0216. The standard InChI is InChI=1S/C15H25N3O/c1-6-18(14(19)15(2,3)16)11-12-7-9-13(10-8-12)17(4)5/h7-10H,6,11,16H2,1-5H3. The summed E-state index contributed by atoms with van der Waals surface area (Å²) in [6.07, 6.45) is 0. The summed E-state index contributed by atoms with van der Waals surface area (Å²) in [6, 6.07) is 8.21. The minimum atomic E-state index is -0.820. The molecule has 4 nitrogen and oxygen atoms in total. The summed E-state index contributed by atoms with van der Waals surface area (Å²) in [4.78, 5) is 16.0. The molecule has 1 amide bonds. The predicted octanol–water partition coefficient (Wildman–Crippen LogP) is 1.84. The van der Waals surface area contributed by atoms with Crippen molar-refractivity contribution in [3.05, 3.63) is 29.8 Å². The Morgan fingerprint density at radius 3 is 2.11 bits per heavy atom. The third-order valence-corrected chi connectivity index (χ3v) is 3.05. The van der Waals surface area contributed by atoms with Crippen LogP contribution in [0.25, 0.3) is 0 Å². The SMILES string of the molecule is CCN(Cc1ccc(N(C)C)cc1)C(=O)C(C)(C)N. The first kappa shape index (κ1) is 15.5. The molecule has 0 spiro atoms. The second kappa shape index (κ2) is 6.06. The molecule has 0 fully saturated rings. The van der Waals surface area contributed by atoms with E-state index in [1.807, 2.05) is 21.0 Å². The molecule has 106 valence electrons. The molecule has 0 aliphatic rings. The van der Waals surface area contributed by atoms with Crippen LogP contribution in [0.2, 0.25) is 0 Å². The number of hydrogen-bond donors (Lipinski definition) is 1. The highest BCUT2D eigenvalue weighted by Crippen LogP contribution is 2.15. The molecular formula is C15H25N3O. The summed E-state index contributed by atoms with van der Waals surface area (Å²) in [6.45, 7) is 6.72. The highest BCUT2D eigenvalue weighted by molar-refractivity contribution is 5.85. The van der Waals surface area contributed by atoms with Gasteiger partial charge in [0, 0.05) is 32.9 Å². The number of amides is 1. The zero-order valence-electron chi connectivity index (χ0n) is 12.6. The highest BCUT2D eigenvalue weighted by atomic mass is 16.2. The van der Waals surface area contributed by atoms with Gasteiger partial charge < -0.3 is 15.5 Å². The van der Waals surface area contributed by atoms with Gasteiger partial charge >= 0.3 is 0 Å². The number of likely N-dealkylation sites (N-methyl/N-ethyl adjacent to an activating group) is 1. The molecule has 0 bridgehead atoms. The van der Waals surface area contributed by atoms with E-state index in [1.165, 1.54) is 0 Å². The van der Waals surface area contributed by atoms with Gasteiger partial charge in [0.05, 0.1) is 5.54 Å². The van der Waals surface area contributed by atoms with Gasteiger partial charge in [-0.1, -0.05) is 12.1 Å². The lowest BCUT2D eigenvalue weighted by molar-refractivity contribution is -0.136. The number of carbonyl (C=O) groups excluding carboxylic acids is 1. The average Bonchev–Trinajstić information content (AvgIpc) is 2.34. The van der Waals surface area contributed by atoms with Crippen LogP contribution in [0.4, 0.5) is 5.69 Å². The van der Waals surface area contributed by atoms with Crippen LogP contribution in [0, 0.1) is 0 Å². The molecule has 0 saturated heterocycles. The van der Waals surface area contributed by atoms with E-state index in [-0.39, 0.29) is 5.91 Å². The van der Waals surface area contributed by atoms with Crippen molar-refractivity contribution < 1.29 is 4.79 Å². The number of anilines is 1. The third kappa shape index (κ3) is 4.24. The quantitative estimate of drug-likeness (QED) is 0.882. The molecule has 0 atom stereocenters.